The highest BCUT2D eigenvalue weighted by Gasteiger charge is 2.23. The summed E-state index contributed by atoms with van der Waals surface area (Å²) in [5.74, 6) is 0. The van der Waals surface area contributed by atoms with E-state index >= 15 is 0 Å². The predicted molar refractivity (Wildman–Crippen MR) is 225 cm³/mol. The van der Waals surface area contributed by atoms with Crippen LogP contribution < -0.4 is 0 Å². The average Bonchev–Trinajstić information content (AvgIpc) is 3.61. The highest BCUT2D eigenvalue weighted by atomic mass is 16.3. The SMILES string of the molecule is c1ccc(-c2cc(-c3ccccc3)cc(-c3c4ccccc4c(-c4c5ccccc5cc5oc6c7ccccc7ccc6c45)c4ccccc34)c2)cc1. The van der Waals surface area contributed by atoms with Crippen LogP contribution in [0.2, 0.25) is 0 Å². The predicted octanol–water partition coefficient (Wildman–Crippen LogP) is 14.9. The zero-order chi connectivity index (χ0) is 34.9. The Morgan fingerprint density at radius 2 is 0.736 bits per heavy atom. The quantitative estimate of drug-likeness (QED) is 0.170. The molecule has 0 fully saturated rings. The van der Waals surface area contributed by atoms with Crippen molar-refractivity contribution in [1.29, 1.82) is 0 Å². The maximum atomic E-state index is 6.86. The third kappa shape index (κ3) is 4.64. The van der Waals surface area contributed by atoms with E-state index in [1.54, 1.807) is 0 Å². The molecule has 246 valence electrons. The van der Waals surface area contributed by atoms with Crippen molar-refractivity contribution in [3.05, 3.63) is 194 Å². The van der Waals surface area contributed by atoms with Gasteiger partial charge in [-0.25, -0.2) is 0 Å². The second-order valence-corrected chi connectivity index (χ2v) is 14.0. The smallest absolute Gasteiger partial charge is 0.143 e. The first-order valence-electron chi connectivity index (χ1n) is 18.3. The largest absolute Gasteiger partial charge is 0.455 e. The monoisotopic (exact) mass is 672 g/mol. The van der Waals surface area contributed by atoms with Crippen LogP contribution in [0.3, 0.4) is 0 Å². The summed E-state index contributed by atoms with van der Waals surface area (Å²) in [5.41, 5.74) is 11.6. The Balaban J connectivity index is 1.29. The van der Waals surface area contributed by atoms with Crippen LogP contribution in [0.1, 0.15) is 0 Å². The Morgan fingerprint density at radius 3 is 1.34 bits per heavy atom. The van der Waals surface area contributed by atoms with Crippen molar-refractivity contribution in [2.75, 3.05) is 0 Å². The van der Waals surface area contributed by atoms with E-state index in [0.717, 1.165) is 27.3 Å². The van der Waals surface area contributed by atoms with Crippen molar-refractivity contribution in [1.82, 2.24) is 0 Å². The van der Waals surface area contributed by atoms with Crippen molar-refractivity contribution in [3.63, 3.8) is 0 Å². The van der Waals surface area contributed by atoms with Crippen molar-refractivity contribution >= 4 is 65.0 Å². The Morgan fingerprint density at radius 1 is 0.264 bits per heavy atom. The van der Waals surface area contributed by atoms with Gasteiger partial charge in [-0.2, -0.15) is 0 Å². The molecule has 0 spiro atoms. The fourth-order valence-electron chi connectivity index (χ4n) is 8.66. The summed E-state index contributed by atoms with van der Waals surface area (Å²) in [6, 6.07) is 70.5. The van der Waals surface area contributed by atoms with Crippen LogP contribution in [0.25, 0.3) is 110 Å². The van der Waals surface area contributed by atoms with Crippen LogP contribution in [0.4, 0.5) is 0 Å². The van der Waals surface area contributed by atoms with Gasteiger partial charge in [-0.05, 0) is 107 Å². The molecule has 0 amide bonds. The second-order valence-electron chi connectivity index (χ2n) is 14.0. The molecule has 1 nitrogen and oxygen atoms in total. The van der Waals surface area contributed by atoms with Gasteiger partial charge >= 0.3 is 0 Å². The molecule has 11 aromatic rings. The molecule has 0 N–H and O–H groups in total. The molecule has 1 heterocycles. The zero-order valence-electron chi connectivity index (χ0n) is 28.9. The summed E-state index contributed by atoms with van der Waals surface area (Å²) < 4.78 is 6.86. The molecule has 0 saturated carbocycles. The lowest BCUT2D eigenvalue weighted by atomic mass is 9.82. The van der Waals surface area contributed by atoms with Gasteiger partial charge in [0.25, 0.3) is 0 Å². The summed E-state index contributed by atoms with van der Waals surface area (Å²) in [6.45, 7) is 0. The average molecular weight is 673 g/mol. The summed E-state index contributed by atoms with van der Waals surface area (Å²) >= 11 is 0. The molecular formula is C52H32O. The summed E-state index contributed by atoms with van der Waals surface area (Å²) in [5, 5.41) is 11.9. The summed E-state index contributed by atoms with van der Waals surface area (Å²) in [7, 11) is 0. The van der Waals surface area contributed by atoms with Crippen LogP contribution >= 0.6 is 0 Å². The van der Waals surface area contributed by atoms with Gasteiger partial charge in [0.05, 0.1) is 0 Å². The molecular weight excluding hydrogens is 641 g/mol. The topological polar surface area (TPSA) is 13.1 Å². The second kappa shape index (κ2) is 11.8. The molecule has 0 unspecified atom stereocenters. The minimum atomic E-state index is 0.908. The van der Waals surface area contributed by atoms with Crippen molar-refractivity contribution in [2.45, 2.75) is 0 Å². The molecule has 0 radical (unpaired) electrons. The molecule has 0 aliphatic heterocycles. The maximum Gasteiger partial charge on any atom is 0.143 e. The molecule has 1 heteroatoms. The van der Waals surface area contributed by atoms with Crippen LogP contribution in [-0.4, -0.2) is 0 Å². The van der Waals surface area contributed by atoms with E-state index in [0.29, 0.717) is 0 Å². The summed E-state index contributed by atoms with van der Waals surface area (Å²) in [4.78, 5) is 0. The minimum absolute atomic E-state index is 0.908. The Hall–Kier alpha value is -6.96. The number of rotatable bonds is 4. The van der Waals surface area contributed by atoms with E-state index in [1.165, 1.54) is 82.2 Å². The van der Waals surface area contributed by atoms with Crippen molar-refractivity contribution < 1.29 is 4.42 Å². The van der Waals surface area contributed by atoms with Gasteiger partial charge in [-0.15, -0.1) is 0 Å². The van der Waals surface area contributed by atoms with E-state index < -0.39 is 0 Å². The Bertz CT molecular complexity index is 3090. The molecule has 0 bridgehead atoms. The van der Waals surface area contributed by atoms with Gasteiger partial charge in [-0.1, -0.05) is 164 Å². The molecule has 53 heavy (non-hydrogen) atoms. The minimum Gasteiger partial charge on any atom is -0.455 e. The van der Waals surface area contributed by atoms with Crippen LogP contribution in [0.15, 0.2) is 199 Å². The third-order valence-electron chi connectivity index (χ3n) is 11.0. The normalized spacial score (nSPS) is 11.8. The zero-order valence-corrected chi connectivity index (χ0v) is 28.9. The standard InChI is InChI=1S/C52H32O/c1-3-15-33(16-4-1)37-29-38(34-17-5-2-6-18-34)31-39(30-37)48-42-23-11-13-25-44(42)49(45-26-14-12-24-43(45)48)51-40-21-9-8-20-36(40)32-47-50(51)46-28-27-35-19-7-10-22-41(35)52(46)53-47/h1-32H. The number of fused-ring (bicyclic) bond motifs is 8. The molecule has 0 aliphatic rings. The van der Waals surface area contributed by atoms with E-state index in [2.05, 4.69) is 194 Å². The van der Waals surface area contributed by atoms with Crippen LogP contribution in [0, 0.1) is 0 Å². The highest BCUT2D eigenvalue weighted by Crippen LogP contribution is 2.50. The van der Waals surface area contributed by atoms with Crippen LogP contribution in [-0.2, 0) is 0 Å². The Labute approximate surface area is 307 Å². The number of benzene rings is 10. The molecule has 0 aliphatic carbocycles. The Kier molecular flexibility index (Phi) is 6.62. The van der Waals surface area contributed by atoms with E-state index in [4.69, 9.17) is 4.42 Å². The van der Waals surface area contributed by atoms with Gasteiger partial charge in [0.2, 0.25) is 0 Å². The first kappa shape index (κ1) is 29.7. The van der Waals surface area contributed by atoms with Crippen LogP contribution in [0.5, 0.6) is 0 Å². The first-order valence-corrected chi connectivity index (χ1v) is 18.3. The van der Waals surface area contributed by atoms with Gasteiger partial charge in [-0.3, -0.25) is 0 Å². The molecule has 1 aromatic heterocycles. The lowest BCUT2D eigenvalue weighted by Crippen LogP contribution is -1.93. The van der Waals surface area contributed by atoms with Gasteiger partial charge in [0.1, 0.15) is 11.2 Å². The summed E-state index contributed by atoms with van der Waals surface area (Å²) in [6.07, 6.45) is 0. The number of hydrogen-bond acceptors (Lipinski definition) is 1. The number of furan rings is 1. The fourth-order valence-corrected chi connectivity index (χ4v) is 8.66. The first-order chi connectivity index (χ1) is 26.3. The molecule has 0 atom stereocenters. The van der Waals surface area contributed by atoms with Gasteiger partial charge < -0.3 is 4.42 Å². The third-order valence-corrected chi connectivity index (χ3v) is 11.0. The fraction of sp³-hybridized carbons (Fsp3) is 0. The van der Waals surface area contributed by atoms with E-state index in [1.807, 2.05) is 0 Å². The lowest BCUT2D eigenvalue weighted by molar-refractivity contribution is 0.673. The molecule has 11 rings (SSSR count). The van der Waals surface area contributed by atoms with Crippen molar-refractivity contribution in [3.8, 4) is 44.5 Å². The van der Waals surface area contributed by atoms with E-state index in [9.17, 15) is 0 Å². The molecule has 10 aromatic carbocycles. The molecule has 0 saturated heterocycles. The van der Waals surface area contributed by atoms with Gasteiger partial charge in [0, 0.05) is 21.7 Å². The van der Waals surface area contributed by atoms with Gasteiger partial charge in [0.15, 0.2) is 0 Å². The number of hydrogen-bond donors (Lipinski definition) is 0. The lowest BCUT2D eigenvalue weighted by Gasteiger charge is -2.20. The van der Waals surface area contributed by atoms with E-state index in [-0.39, 0.29) is 0 Å². The maximum absolute atomic E-state index is 6.86. The van der Waals surface area contributed by atoms with Crippen molar-refractivity contribution in [2.24, 2.45) is 0 Å². The highest BCUT2D eigenvalue weighted by molar-refractivity contribution is 6.31.